The van der Waals surface area contributed by atoms with Gasteiger partial charge in [-0.3, -0.25) is 9.59 Å². The van der Waals surface area contributed by atoms with E-state index in [-0.39, 0.29) is 17.6 Å². The average molecular weight is 264 g/mol. The first-order chi connectivity index (χ1) is 8.99. The predicted molar refractivity (Wildman–Crippen MR) is 73.0 cm³/mol. The molecule has 1 aromatic carbocycles. The predicted octanol–water partition coefficient (Wildman–Crippen LogP) is 1.38. The van der Waals surface area contributed by atoms with Gasteiger partial charge in [0.05, 0.1) is 0 Å². The Morgan fingerprint density at radius 1 is 1.32 bits per heavy atom. The number of hydrogen-bond donors (Lipinski definition) is 2. The summed E-state index contributed by atoms with van der Waals surface area (Å²) < 4.78 is 0. The Hall–Kier alpha value is -2.04. The minimum Gasteiger partial charge on any atom is -0.508 e. The van der Waals surface area contributed by atoms with Crippen molar-refractivity contribution < 1.29 is 14.7 Å². The van der Waals surface area contributed by atoms with Gasteiger partial charge in [-0.2, -0.15) is 0 Å². The lowest BCUT2D eigenvalue weighted by Gasteiger charge is -2.23. The molecule has 1 aromatic rings. The molecule has 0 spiro atoms. The van der Waals surface area contributed by atoms with E-state index in [1.165, 1.54) is 12.1 Å². The monoisotopic (exact) mass is 264 g/mol. The molecule has 0 heterocycles. The first kappa shape index (κ1) is 15.0. The fraction of sp³-hybridized carbons (Fsp3) is 0.429. The summed E-state index contributed by atoms with van der Waals surface area (Å²) in [6.07, 6.45) is 0. The van der Waals surface area contributed by atoms with E-state index in [2.05, 4.69) is 5.32 Å². The van der Waals surface area contributed by atoms with Gasteiger partial charge in [-0.15, -0.1) is 0 Å². The Balaban J connectivity index is 2.69. The van der Waals surface area contributed by atoms with E-state index in [4.69, 9.17) is 0 Å². The van der Waals surface area contributed by atoms with Crippen LogP contribution in [0.5, 0.6) is 5.75 Å². The number of carbonyl (C=O) groups excluding carboxylic acids is 2. The van der Waals surface area contributed by atoms with Crippen LogP contribution >= 0.6 is 0 Å². The highest BCUT2D eigenvalue weighted by atomic mass is 16.3. The Bertz CT molecular complexity index is 456. The van der Waals surface area contributed by atoms with Crippen LogP contribution in [-0.4, -0.2) is 41.0 Å². The molecule has 0 aromatic heterocycles. The van der Waals surface area contributed by atoms with Gasteiger partial charge in [-0.25, -0.2) is 0 Å². The summed E-state index contributed by atoms with van der Waals surface area (Å²) in [4.78, 5) is 25.6. The maximum atomic E-state index is 12.0. The van der Waals surface area contributed by atoms with E-state index in [1.54, 1.807) is 24.0 Å². The van der Waals surface area contributed by atoms with E-state index in [9.17, 15) is 14.7 Å². The summed E-state index contributed by atoms with van der Waals surface area (Å²) in [5.41, 5.74) is 0.333. The Kier molecular flexibility index (Phi) is 5.36. The van der Waals surface area contributed by atoms with Gasteiger partial charge >= 0.3 is 0 Å². The molecule has 0 saturated heterocycles. The number of aromatic hydroxyl groups is 1. The van der Waals surface area contributed by atoms with Crippen LogP contribution in [0.2, 0.25) is 0 Å². The smallest absolute Gasteiger partial charge is 0.252 e. The van der Waals surface area contributed by atoms with Gasteiger partial charge in [0.15, 0.2) is 0 Å². The molecule has 0 radical (unpaired) electrons. The largest absolute Gasteiger partial charge is 0.508 e. The SMILES string of the molecule is CCN(CC)C(=O)C(C)NC(=O)c1cccc(O)c1. The second-order valence-corrected chi connectivity index (χ2v) is 4.26. The molecular weight excluding hydrogens is 244 g/mol. The highest BCUT2D eigenvalue weighted by molar-refractivity contribution is 5.97. The molecule has 0 aliphatic heterocycles. The van der Waals surface area contributed by atoms with Crippen LogP contribution in [-0.2, 0) is 4.79 Å². The van der Waals surface area contributed by atoms with E-state index < -0.39 is 6.04 Å². The van der Waals surface area contributed by atoms with Crippen molar-refractivity contribution >= 4 is 11.8 Å². The van der Waals surface area contributed by atoms with Crippen molar-refractivity contribution in [1.29, 1.82) is 0 Å². The topological polar surface area (TPSA) is 69.6 Å². The molecular formula is C14H20N2O3. The molecule has 104 valence electrons. The average Bonchev–Trinajstić information content (AvgIpc) is 2.39. The molecule has 0 bridgehead atoms. The molecule has 19 heavy (non-hydrogen) atoms. The van der Waals surface area contributed by atoms with Gasteiger partial charge in [0.2, 0.25) is 5.91 Å². The number of carbonyl (C=O) groups is 2. The van der Waals surface area contributed by atoms with Crippen LogP contribution in [0.1, 0.15) is 31.1 Å². The molecule has 1 rings (SSSR count). The lowest BCUT2D eigenvalue weighted by molar-refractivity contribution is -0.132. The molecule has 2 N–H and O–H groups in total. The number of nitrogens with one attached hydrogen (secondary N) is 1. The lowest BCUT2D eigenvalue weighted by atomic mass is 10.2. The van der Waals surface area contributed by atoms with Gasteiger partial charge in [0.1, 0.15) is 11.8 Å². The number of nitrogens with zero attached hydrogens (tertiary/aromatic N) is 1. The zero-order valence-electron chi connectivity index (χ0n) is 11.5. The van der Waals surface area contributed by atoms with Crippen molar-refractivity contribution in [3.8, 4) is 5.75 Å². The van der Waals surface area contributed by atoms with Gasteiger partial charge in [0, 0.05) is 18.7 Å². The van der Waals surface area contributed by atoms with Gasteiger partial charge < -0.3 is 15.3 Å². The Labute approximate surface area is 113 Å². The number of benzene rings is 1. The third-order valence-corrected chi connectivity index (χ3v) is 2.90. The van der Waals surface area contributed by atoms with E-state index in [1.807, 2.05) is 13.8 Å². The minimum absolute atomic E-state index is 0.0235. The van der Waals surface area contributed by atoms with E-state index in [0.29, 0.717) is 18.7 Å². The first-order valence-corrected chi connectivity index (χ1v) is 6.38. The van der Waals surface area contributed by atoms with Crippen molar-refractivity contribution in [2.45, 2.75) is 26.8 Å². The molecule has 0 fully saturated rings. The number of hydrogen-bond acceptors (Lipinski definition) is 3. The summed E-state index contributed by atoms with van der Waals surface area (Å²) in [6, 6.07) is 5.44. The summed E-state index contributed by atoms with van der Waals surface area (Å²) in [7, 11) is 0. The molecule has 0 saturated carbocycles. The summed E-state index contributed by atoms with van der Waals surface area (Å²) in [5, 5.41) is 11.9. The van der Waals surface area contributed by atoms with Crippen molar-refractivity contribution in [2.24, 2.45) is 0 Å². The third kappa shape index (κ3) is 3.98. The first-order valence-electron chi connectivity index (χ1n) is 6.38. The summed E-state index contributed by atoms with van der Waals surface area (Å²) in [6.45, 7) is 6.67. The van der Waals surface area contributed by atoms with Crippen LogP contribution < -0.4 is 5.32 Å². The van der Waals surface area contributed by atoms with Gasteiger partial charge in [-0.1, -0.05) is 6.07 Å². The van der Waals surface area contributed by atoms with E-state index >= 15 is 0 Å². The van der Waals surface area contributed by atoms with Gasteiger partial charge in [0.25, 0.3) is 5.91 Å². The number of phenolic OH excluding ortho intramolecular Hbond substituents is 1. The van der Waals surface area contributed by atoms with Crippen molar-refractivity contribution in [2.75, 3.05) is 13.1 Å². The summed E-state index contributed by atoms with van der Waals surface area (Å²) in [5.74, 6) is -0.460. The van der Waals surface area contributed by atoms with Crippen LogP contribution in [0.3, 0.4) is 0 Å². The maximum Gasteiger partial charge on any atom is 0.252 e. The molecule has 2 amide bonds. The second-order valence-electron chi connectivity index (χ2n) is 4.26. The summed E-state index contributed by atoms with van der Waals surface area (Å²) >= 11 is 0. The van der Waals surface area contributed by atoms with Crippen molar-refractivity contribution in [1.82, 2.24) is 10.2 Å². The molecule has 1 atom stereocenters. The molecule has 5 nitrogen and oxygen atoms in total. The highest BCUT2D eigenvalue weighted by Gasteiger charge is 2.20. The molecule has 5 heteroatoms. The van der Waals surface area contributed by atoms with Gasteiger partial charge in [-0.05, 0) is 39.0 Å². The number of likely N-dealkylation sites (N-methyl/N-ethyl adjacent to an activating group) is 1. The number of amides is 2. The zero-order valence-corrected chi connectivity index (χ0v) is 11.5. The quantitative estimate of drug-likeness (QED) is 0.844. The zero-order chi connectivity index (χ0) is 14.4. The fourth-order valence-corrected chi connectivity index (χ4v) is 1.80. The van der Waals surface area contributed by atoms with Crippen molar-refractivity contribution in [3.63, 3.8) is 0 Å². The maximum absolute atomic E-state index is 12.0. The van der Waals surface area contributed by atoms with Crippen LogP contribution in [0.4, 0.5) is 0 Å². The van der Waals surface area contributed by atoms with Crippen LogP contribution in [0.25, 0.3) is 0 Å². The minimum atomic E-state index is -0.588. The van der Waals surface area contributed by atoms with E-state index in [0.717, 1.165) is 0 Å². The molecule has 0 aliphatic carbocycles. The Morgan fingerprint density at radius 3 is 2.47 bits per heavy atom. The normalized spacial score (nSPS) is 11.7. The standard InChI is InChI=1S/C14H20N2O3/c1-4-16(5-2)14(19)10(3)15-13(18)11-7-6-8-12(17)9-11/h6-10,17H,4-5H2,1-3H3,(H,15,18). The number of rotatable bonds is 5. The number of phenols is 1. The third-order valence-electron chi connectivity index (χ3n) is 2.90. The van der Waals surface area contributed by atoms with Crippen LogP contribution in [0, 0.1) is 0 Å². The highest BCUT2D eigenvalue weighted by Crippen LogP contribution is 2.10. The molecule has 0 aliphatic rings. The molecule has 1 unspecified atom stereocenters. The fourth-order valence-electron chi connectivity index (χ4n) is 1.80. The van der Waals surface area contributed by atoms with Crippen LogP contribution in [0.15, 0.2) is 24.3 Å². The van der Waals surface area contributed by atoms with Crippen molar-refractivity contribution in [3.05, 3.63) is 29.8 Å². The Morgan fingerprint density at radius 2 is 1.95 bits per heavy atom. The lowest BCUT2D eigenvalue weighted by Crippen LogP contribution is -2.46. The second kappa shape index (κ2) is 6.78.